The van der Waals surface area contributed by atoms with E-state index in [1.807, 2.05) is 12.1 Å². The van der Waals surface area contributed by atoms with Gasteiger partial charge in [-0.05, 0) is 18.2 Å². The van der Waals surface area contributed by atoms with Gasteiger partial charge >= 0.3 is 5.97 Å². The molecule has 1 N–H and O–H groups in total. The quantitative estimate of drug-likeness (QED) is 0.733. The van der Waals surface area contributed by atoms with Crippen LogP contribution in [0.25, 0.3) is 16.6 Å². The van der Waals surface area contributed by atoms with Gasteiger partial charge in [-0.2, -0.15) is 5.10 Å². The summed E-state index contributed by atoms with van der Waals surface area (Å²) in [5, 5.41) is 13.6. The van der Waals surface area contributed by atoms with Gasteiger partial charge in [-0.3, -0.25) is 9.78 Å². The summed E-state index contributed by atoms with van der Waals surface area (Å²) in [6.07, 6.45) is 3.80. The van der Waals surface area contributed by atoms with E-state index in [0.29, 0.717) is 23.1 Å². The van der Waals surface area contributed by atoms with Crippen molar-refractivity contribution in [3.05, 3.63) is 54.0 Å². The van der Waals surface area contributed by atoms with Crippen LogP contribution in [0.2, 0.25) is 0 Å². The number of carboxylic acid groups (broad SMARTS) is 1. The van der Waals surface area contributed by atoms with Crippen LogP contribution >= 0.6 is 0 Å². The second-order valence-electron chi connectivity index (χ2n) is 4.14. The lowest BCUT2D eigenvalue weighted by Gasteiger charge is -2.07. The summed E-state index contributed by atoms with van der Waals surface area (Å²) in [5.41, 5.74) is 1.36. The molecule has 3 rings (SSSR count). The molecular formula is C14H9N3O3. The van der Waals surface area contributed by atoms with E-state index in [2.05, 4.69) is 10.1 Å². The molecule has 2 aromatic heterocycles. The van der Waals surface area contributed by atoms with Gasteiger partial charge in [0, 0.05) is 17.8 Å². The number of fused-ring (bicyclic) bond motifs is 1. The van der Waals surface area contributed by atoms with E-state index < -0.39 is 5.97 Å². The number of pyridine rings is 1. The number of carbonyl (C=O) groups is 2. The average Bonchev–Trinajstić information content (AvgIpc) is 2.95. The first-order valence-electron chi connectivity index (χ1n) is 5.83. The number of carbonyl (C=O) groups excluding carboxylic acids is 1. The molecular weight excluding hydrogens is 258 g/mol. The molecule has 6 heteroatoms. The van der Waals surface area contributed by atoms with Crippen LogP contribution in [0, 0.1) is 0 Å². The van der Waals surface area contributed by atoms with Crippen molar-refractivity contribution < 1.29 is 14.7 Å². The van der Waals surface area contributed by atoms with Crippen molar-refractivity contribution in [2.24, 2.45) is 0 Å². The number of nitrogens with zero attached hydrogens (tertiary/aromatic N) is 3. The highest BCUT2D eigenvalue weighted by Crippen LogP contribution is 2.21. The maximum absolute atomic E-state index is 11.4. The molecule has 2 heterocycles. The standard InChI is InChI=1S/C14H9N3O3/c18-8-10-12(17-7-5-11(16-17)14(19)20)4-3-9-2-1-6-15-13(9)10/h1-8H,(H,19,20). The number of aromatic carboxylic acids is 1. The molecule has 6 nitrogen and oxygen atoms in total. The largest absolute Gasteiger partial charge is 0.476 e. The molecule has 0 saturated carbocycles. The fraction of sp³-hybridized carbons (Fsp3) is 0. The van der Waals surface area contributed by atoms with Crippen LogP contribution in [-0.2, 0) is 0 Å². The first kappa shape index (κ1) is 12.0. The van der Waals surface area contributed by atoms with Crippen LogP contribution in [0.15, 0.2) is 42.7 Å². The van der Waals surface area contributed by atoms with Gasteiger partial charge < -0.3 is 5.11 Å². The third-order valence-corrected chi connectivity index (χ3v) is 2.96. The molecule has 98 valence electrons. The monoisotopic (exact) mass is 267 g/mol. The van der Waals surface area contributed by atoms with Crippen molar-refractivity contribution in [3.63, 3.8) is 0 Å². The van der Waals surface area contributed by atoms with Crippen LogP contribution in [0.5, 0.6) is 0 Å². The molecule has 1 aromatic carbocycles. The van der Waals surface area contributed by atoms with E-state index in [1.54, 1.807) is 18.3 Å². The van der Waals surface area contributed by atoms with Crippen molar-refractivity contribution >= 4 is 23.2 Å². The zero-order valence-corrected chi connectivity index (χ0v) is 10.2. The van der Waals surface area contributed by atoms with Crippen molar-refractivity contribution in [2.45, 2.75) is 0 Å². The molecule has 0 bridgehead atoms. The van der Waals surface area contributed by atoms with Gasteiger partial charge in [-0.1, -0.05) is 12.1 Å². The predicted octanol–water partition coefficient (Wildman–Crippen LogP) is 1.93. The van der Waals surface area contributed by atoms with Gasteiger partial charge in [0.05, 0.1) is 16.8 Å². The predicted molar refractivity (Wildman–Crippen MR) is 71.2 cm³/mol. The molecule has 0 fully saturated rings. The van der Waals surface area contributed by atoms with Gasteiger partial charge in [-0.15, -0.1) is 0 Å². The summed E-state index contributed by atoms with van der Waals surface area (Å²) in [7, 11) is 0. The van der Waals surface area contributed by atoms with Crippen molar-refractivity contribution in [1.82, 2.24) is 14.8 Å². The Labute approximate surface area is 113 Å². The fourth-order valence-electron chi connectivity index (χ4n) is 2.05. The number of hydrogen-bond acceptors (Lipinski definition) is 4. The first-order valence-corrected chi connectivity index (χ1v) is 5.83. The van der Waals surface area contributed by atoms with Crippen LogP contribution in [0.4, 0.5) is 0 Å². The van der Waals surface area contributed by atoms with Gasteiger partial charge in [0.2, 0.25) is 0 Å². The zero-order chi connectivity index (χ0) is 14.1. The summed E-state index contributed by atoms with van der Waals surface area (Å²) >= 11 is 0. The molecule has 0 aliphatic heterocycles. The smallest absolute Gasteiger partial charge is 0.356 e. The molecule has 0 saturated heterocycles. The van der Waals surface area contributed by atoms with E-state index in [-0.39, 0.29) is 5.69 Å². The second-order valence-corrected chi connectivity index (χ2v) is 4.14. The lowest BCUT2D eigenvalue weighted by Crippen LogP contribution is -2.04. The summed E-state index contributed by atoms with van der Waals surface area (Å²) in [6, 6.07) is 8.54. The van der Waals surface area contributed by atoms with Crippen molar-refractivity contribution in [3.8, 4) is 5.69 Å². The minimum Gasteiger partial charge on any atom is -0.476 e. The number of hydrogen-bond donors (Lipinski definition) is 1. The zero-order valence-electron chi connectivity index (χ0n) is 10.2. The van der Waals surface area contributed by atoms with Crippen molar-refractivity contribution in [2.75, 3.05) is 0 Å². The number of rotatable bonds is 3. The Bertz CT molecular complexity index is 823. The topological polar surface area (TPSA) is 85.1 Å². The summed E-state index contributed by atoms with van der Waals surface area (Å²) < 4.78 is 1.36. The maximum atomic E-state index is 11.4. The normalized spacial score (nSPS) is 10.6. The third kappa shape index (κ3) is 1.83. The van der Waals surface area contributed by atoms with E-state index in [0.717, 1.165) is 5.39 Å². The maximum Gasteiger partial charge on any atom is 0.356 e. The molecule has 0 atom stereocenters. The molecule has 0 unspecified atom stereocenters. The molecule has 0 spiro atoms. The number of aldehydes is 1. The first-order chi connectivity index (χ1) is 9.70. The van der Waals surface area contributed by atoms with E-state index in [4.69, 9.17) is 5.11 Å². The molecule has 0 amide bonds. The minimum atomic E-state index is -1.12. The molecule has 0 aliphatic rings. The Balaban J connectivity index is 2.24. The molecule has 20 heavy (non-hydrogen) atoms. The van der Waals surface area contributed by atoms with Gasteiger partial charge in [0.1, 0.15) is 0 Å². The summed E-state index contributed by atoms with van der Waals surface area (Å²) in [5.74, 6) is -1.12. The summed E-state index contributed by atoms with van der Waals surface area (Å²) in [4.78, 5) is 26.4. The number of benzene rings is 1. The van der Waals surface area contributed by atoms with Gasteiger partial charge in [0.15, 0.2) is 12.0 Å². The Morgan fingerprint density at radius 3 is 2.80 bits per heavy atom. The fourth-order valence-corrected chi connectivity index (χ4v) is 2.05. The Hall–Kier alpha value is -3.02. The lowest BCUT2D eigenvalue weighted by molar-refractivity contribution is 0.0690. The van der Waals surface area contributed by atoms with E-state index >= 15 is 0 Å². The summed E-state index contributed by atoms with van der Waals surface area (Å²) in [6.45, 7) is 0. The van der Waals surface area contributed by atoms with Crippen LogP contribution in [-0.4, -0.2) is 32.1 Å². The Morgan fingerprint density at radius 2 is 2.10 bits per heavy atom. The SMILES string of the molecule is O=Cc1c(-n2ccc(C(=O)O)n2)ccc2cccnc12. The minimum absolute atomic E-state index is 0.0806. The highest BCUT2D eigenvalue weighted by molar-refractivity contribution is 5.99. The molecule has 0 radical (unpaired) electrons. The van der Waals surface area contributed by atoms with Gasteiger partial charge in [0.25, 0.3) is 0 Å². The lowest BCUT2D eigenvalue weighted by atomic mass is 10.1. The average molecular weight is 267 g/mol. The van der Waals surface area contributed by atoms with E-state index in [1.165, 1.54) is 16.9 Å². The third-order valence-electron chi connectivity index (χ3n) is 2.96. The molecule has 0 aliphatic carbocycles. The second kappa shape index (κ2) is 4.58. The van der Waals surface area contributed by atoms with Crippen molar-refractivity contribution in [1.29, 1.82) is 0 Å². The van der Waals surface area contributed by atoms with Gasteiger partial charge in [-0.25, -0.2) is 9.48 Å². The molecule has 3 aromatic rings. The van der Waals surface area contributed by atoms with Crippen LogP contribution < -0.4 is 0 Å². The van der Waals surface area contributed by atoms with Crippen LogP contribution in [0.3, 0.4) is 0 Å². The highest BCUT2D eigenvalue weighted by atomic mass is 16.4. The number of aromatic nitrogens is 3. The van der Waals surface area contributed by atoms with Crippen LogP contribution in [0.1, 0.15) is 20.8 Å². The highest BCUT2D eigenvalue weighted by Gasteiger charge is 2.13. The Morgan fingerprint density at radius 1 is 1.25 bits per heavy atom. The Kier molecular flexibility index (Phi) is 2.76. The van der Waals surface area contributed by atoms with E-state index in [9.17, 15) is 9.59 Å². The number of carboxylic acids is 1.